The Kier molecular flexibility index (Phi) is 4.42. The highest BCUT2D eigenvalue weighted by molar-refractivity contribution is 5.38. The average Bonchev–Trinajstić information content (AvgIpc) is 2.37. The smallest absolute Gasteiger partial charge is 0.123 e. The summed E-state index contributed by atoms with van der Waals surface area (Å²) in [5.41, 5.74) is 0.600. The van der Waals surface area contributed by atoms with Crippen molar-refractivity contribution in [1.82, 2.24) is 5.32 Å². The molecule has 1 N–H and O–H groups in total. The summed E-state index contributed by atoms with van der Waals surface area (Å²) in [5, 5.41) is 3.42. The zero-order valence-electron chi connectivity index (χ0n) is 11.8. The fourth-order valence-electron chi connectivity index (χ4n) is 2.85. The second kappa shape index (κ2) is 5.88. The third-order valence-electron chi connectivity index (χ3n) is 4.04. The van der Waals surface area contributed by atoms with Gasteiger partial charge in [-0.1, -0.05) is 6.92 Å². The molecule has 1 unspecified atom stereocenters. The topological polar surface area (TPSA) is 30.5 Å². The van der Waals surface area contributed by atoms with Crippen LogP contribution in [0.3, 0.4) is 0 Å². The number of benzene rings is 1. The van der Waals surface area contributed by atoms with Crippen molar-refractivity contribution in [1.29, 1.82) is 0 Å². The Morgan fingerprint density at radius 2 is 2.11 bits per heavy atom. The lowest BCUT2D eigenvalue weighted by Gasteiger charge is -2.47. The molecular formula is C15H22FNO2. The van der Waals surface area contributed by atoms with Crippen LogP contribution in [0.4, 0.5) is 4.39 Å². The largest absolute Gasteiger partial charge is 0.496 e. The number of rotatable bonds is 6. The maximum Gasteiger partial charge on any atom is 0.123 e. The molecule has 1 aliphatic rings. The molecule has 1 aromatic rings. The SMILES string of the molecule is CCNC(c1cc(F)ccc1OC)C1(OC)CCC1. The van der Waals surface area contributed by atoms with Crippen molar-refractivity contribution in [2.24, 2.45) is 0 Å². The van der Waals surface area contributed by atoms with Crippen LogP contribution in [-0.4, -0.2) is 26.4 Å². The zero-order valence-corrected chi connectivity index (χ0v) is 11.8. The van der Waals surface area contributed by atoms with E-state index in [2.05, 4.69) is 5.32 Å². The molecule has 3 nitrogen and oxygen atoms in total. The number of nitrogens with one attached hydrogen (secondary N) is 1. The number of likely N-dealkylation sites (N-methyl/N-ethyl adjacent to an activating group) is 1. The summed E-state index contributed by atoms with van der Waals surface area (Å²) in [6, 6.07) is 4.61. The lowest BCUT2D eigenvalue weighted by molar-refractivity contribution is -0.0999. The Morgan fingerprint density at radius 1 is 1.37 bits per heavy atom. The second-order valence-electron chi connectivity index (χ2n) is 5.00. The molecule has 1 atom stereocenters. The van der Waals surface area contributed by atoms with Gasteiger partial charge >= 0.3 is 0 Å². The second-order valence-corrected chi connectivity index (χ2v) is 5.00. The van der Waals surface area contributed by atoms with E-state index in [0.29, 0.717) is 5.75 Å². The van der Waals surface area contributed by atoms with Crippen molar-refractivity contribution < 1.29 is 13.9 Å². The Morgan fingerprint density at radius 3 is 2.58 bits per heavy atom. The minimum Gasteiger partial charge on any atom is -0.496 e. The number of ether oxygens (including phenoxy) is 2. The highest BCUT2D eigenvalue weighted by Crippen LogP contribution is 2.46. The molecule has 4 heteroatoms. The third kappa shape index (κ3) is 2.60. The van der Waals surface area contributed by atoms with Gasteiger partial charge in [0.05, 0.1) is 18.8 Å². The van der Waals surface area contributed by atoms with Crippen molar-refractivity contribution >= 4 is 0 Å². The van der Waals surface area contributed by atoms with E-state index in [1.165, 1.54) is 6.07 Å². The number of hydrogen-bond donors (Lipinski definition) is 1. The molecule has 0 bridgehead atoms. The van der Waals surface area contributed by atoms with E-state index in [-0.39, 0.29) is 17.5 Å². The van der Waals surface area contributed by atoms with Crippen LogP contribution < -0.4 is 10.1 Å². The van der Waals surface area contributed by atoms with Gasteiger partial charge in [0.2, 0.25) is 0 Å². The van der Waals surface area contributed by atoms with Crippen molar-refractivity contribution in [3.8, 4) is 5.75 Å². The Balaban J connectivity index is 2.40. The molecule has 0 aliphatic heterocycles. The maximum atomic E-state index is 13.6. The molecule has 0 amide bonds. The van der Waals surface area contributed by atoms with Crippen LogP contribution in [0.25, 0.3) is 0 Å². The minimum atomic E-state index is -0.246. The van der Waals surface area contributed by atoms with E-state index in [4.69, 9.17) is 9.47 Å². The summed E-state index contributed by atoms with van der Waals surface area (Å²) in [5.74, 6) is 0.458. The molecule has 1 aliphatic carbocycles. The number of hydrogen-bond acceptors (Lipinski definition) is 3. The molecule has 1 aromatic carbocycles. The van der Waals surface area contributed by atoms with E-state index in [9.17, 15) is 4.39 Å². The fourth-order valence-corrected chi connectivity index (χ4v) is 2.85. The Labute approximate surface area is 114 Å². The van der Waals surface area contributed by atoms with Gasteiger partial charge in [0, 0.05) is 12.7 Å². The highest BCUT2D eigenvalue weighted by Gasteiger charge is 2.45. The quantitative estimate of drug-likeness (QED) is 0.859. The van der Waals surface area contributed by atoms with Crippen molar-refractivity contribution in [2.75, 3.05) is 20.8 Å². The molecule has 19 heavy (non-hydrogen) atoms. The van der Waals surface area contributed by atoms with E-state index in [1.54, 1.807) is 26.4 Å². The third-order valence-corrected chi connectivity index (χ3v) is 4.04. The lowest BCUT2D eigenvalue weighted by atomic mass is 9.72. The van der Waals surface area contributed by atoms with Crippen molar-refractivity contribution in [3.05, 3.63) is 29.6 Å². The molecule has 0 spiro atoms. The van der Waals surface area contributed by atoms with Gasteiger partial charge in [-0.2, -0.15) is 0 Å². The zero-order chi connectivity index (χ0) is 13.9. The lowest BCUT2D eigenvalue weighted by Crippen LogP contribution is -2.50. The molecular weight excluding hydrogens is 245 g/mol. The van der Waals surface area contributed by atoms with Gasteiger partial charge < -0.3 is 14.8 Å². The summed E-state index contributed by atoms with van der Waals surface area (Å²) in [6.45, 7) is 2.84. The predicted octanol–water partition coefficient (Wildman–Crippen LogP) is 3.05. The summed E-state index contributed by atoms with van der Waals surface area (Å²) in [4.78, 5) is 0. The molecule has 0 heterocycles. The van der Waals surface area contributed by atoms with Gasteiger partial charge in [0.25, 0.3) is 0 Å². The average molecular weight is 267 g/mol. The Bertz CT molecular complexity index is 427. The van der Waals surface area contributed by atoms with E-state index < -0.39 is 0 Å². The van der Waals surface area contributed by atoms with Crippen molar-refractivity contribution in [3.63, 3.8) is 0 Å². The number of halogens is 1. The first-order chi connectivity index (χ1) is 9.16. The monoisotopic (exact) mass is 267 g/mol. The van der Waals surface area contributed by atoms with Gasteiger partial charge in [0.15, 0.2) is 0 Å². The first-order valence-corrected chi connectivity index (χ1v) is 6.79. The molecule has 0 saturated heterocycles. The molecule has 0 aromatic heterocycles. The van der Waals surface area contributed by atoms with Gasteiger partial charge in [-0.15, -0.1) is 0 Å². The number of methoxy groups -OCH3 is 2. The normalized spacial score (nSPS) is 18.7. The first-order valence-electron chi connectivity index (χ1n) is 6.79. The van der Waals surface area contributed by atoms with E-state index in [0.717, 1.165) is 31.4 Å². The van der Waals surface area contributed by atoms with Gasteiger partial charge in [0.1, 0.15) is 11.6 Å². The van der Waals surface area contributed by atoms with Crippen LogP contribution in [0.1, 0.15) is 37.8 Å². The molecule has 1 fully saturated rings. The summed E-state index contributed by atoms with van der Waals surface area (Å²) in [6.07, 6.45) is 3.12. The van der Waals surface area contributed by atoms with Crippen LogP contribution in [0.5, 0.6) is 5.75 Å². The summed E-state index contributed by atoms with van der Waals surface area (Å²) >= 11 is 0. The van der Waals surface area contributed by atoms with Crippen LogP contribution in [-0.2, 0) is 4.74 Å². The standard InChI is InChI=1S/C15H22FNO2/c1-4-17-14(15(19-3)8-5-9-15)12-10-11(16)6-7-13(12)18-2/h6-7,10,14,17H,4-5,8-9H2,1-3H3. The van der Waals surface area contributed by atoms with Gasteiger partial charge in [-0.05, 0) is 44.0 Å². The van der Waals surface area contributed by atoms with Crippen LogP contribution >= 0.6 is 0 Å². The predicted molar refractivity (Wildman–Crippen MR) is 73.0 cm³/mol. The molecule has 0 radical (unpaired) electrons. The van der Waals surface area contributed by atoms with Crippen LogP contribution in [0.15, 0.2) is 18.2 Å². The summed E-state index contributed by atoms with van der Waals surface area (Å²) in [7, 11) is 3.34. The first kappa shape index (κ1) is 14.3. The fraction of sp³-hybridized carbons (Fsp3) is 0.600. The maximum absolute atomic E-state index is 13.6. The van der Waals surface area contributed by atoms with E-state index in [1.807, 2.05) is 6.92 Å². The Hall–Kier alpha value is -1.13. The van der Waals surface area contributed by atoms with E-state index >= 15 is 0 Å². The van der Waals surface area contributed by atoms with Crippen LogP contribution in [0, 0.1) is 5.82 Å². The molecule has 2 rings (SSSR count). The van der Waals surface area contributed by atoms with Crippen molar-refractivity contribution in [2.45, 2.75) is 37.8 Å². The summed E-state index contributed by atoms with van der Waals surface area (Å²) < 4.78 is 24.7. The molecule has 106 valence electrons. The van der Waals surface area contributed by atoms with Gasteiger partial charge in [-0.25, -0.2) is 4.39 Å². The highest BCUT2D eigenvalue weighted by atomic mass is 19.1. The van der Waals surface area contributed by atoms with Crippen LogP contribution in [0.2, 0.25) is 0 Å². The molecule has 1 saturated carbocycles. The van der Waals surface area contributed by atoms with Gasteiger partial charge in [-0.3, -0.25) is 0 Å². The minimum absolute atomic E-state index is 0.0399.